The van der Waals surface area contributed by atoms with E-state index in [9.17, 15) is 13.2 Å². The summed E-state index contributed by atoms with van der Waals surface area (Å²) in [6.45, 7) is 7.70. The van der Waals surface area contributed by atoms with Crippen LogP contribution in [-0.4, -0.2) is 39.3 Å². The molecule has 1 N–H and O–H groups in total. The molecule has 1 fully saturated rings. The zero-order valence-corrected chi connectivity index (χ0v) is 14.2. The van der Waals surface area contributed by atoms with Crippen molar-refractivity contribution in [1.29, 1.82) is 0 Å². The number of rotatable bonds is 4. The van der Waals surface area contributed by atoms with Crippen LogP contribution in [0.2, 0.25) is 0 Å². The molecular formula is C14H20BNO5S. The van der Waals surface area contributed by atoms with Gasteiger partial charge in [0.2, 0.25) is 10.0 Å². The van der Waals surface area contributed by atoms with Crippen molar-refractivity contribution in [3.63, 3.8) is 0 Å². The molecule has 1 saturated heterocycles. The molecule has 0 radical (unpaired) electrons. The van der Waals surface area contributed by atoms with Crippen LogP contribution in [0.15, 0.2) is 18.2 Å². The molecule has 1 aliphatic heterocycles. The lowest BCUT2D eigenvalue weighted by Gasteiger charge is -2.32. The van der Waals surface area contributed by atoms with Crippen LogP contribution >= 0.6 is 0 Å². The predicted molar refractivity (Wildman–Crippen MR) is 86.0 cm³/mol. The second-order valence-corrected chi connectivity index (χ2v) is 8.17. The molecule has 2 rings (SSSR count). The van der Waals surface area contributed by atoms with E-state index in [4.69, 9.17) is 9.31 Å². The van der Waals surface area contributed by atoms with Crippen molar-refractivity contribution in [3.8, 4) is 0 Å². The summed E-state index contributed by atoms with van der Waals surface area (Å²) in [5.41, 5.74) is 0.202. The van der Waals surface area contributed by atoms with Crippen molar-refractivity contribution in [1.82, 2.24) is 0 Å². The van der Waals surface area contributed by atoms with Crippen molar-refractivity contribution in [2.75, 3.05) is 11.0 Å². The Hall–Kier alpha value is -1.38. The van der Waals surface area contributed by atoms with Crippen molar-refractivity contribution in [2.45, 2.75) is 38.9 Å². The maximum absolute atomic E-state index is 11.3. The predicted octanol–water partition coefficient (Wildman–Crippen LogP) is 1.17. The van der Waals surface area contributed by atoms with E-state index < -0.39 is 28.3 Å². The van der Waals surface area contributed by atoms with E-state index in [0.29, 0.717) is 23.0 Å². The summed E-state index contributed by atoms with van der Waals surface area (Å²) in [7, 11) is -4.07. The van der Waals surface area contributed by atoms with Crippen molar-refractivity contribution >= 4 is 34.6 Å². The van der Waals surface area contributed by atoms with Crippen LogP contribution in [0.5, 0.6) is 0 Å². The van der Waals surface area contributed by atoms with Gasteiger partial charge in [-0.1, -0.05) is 6.07 Å². The van der Waals surface area contributed by atoms with Crippen LogP contribution in [0.25, 0.3) is 0 Å². The highest BCUT2D eigenvalue weighted by Crippen LogP contribution is 2.36. The number of nitrogens with one attached hydrogen (secondary N) is 1. The van der Waals surface area contributed by atoms with Crippen LogP contribution in [0.1, 0.15) is 38.1 Å². The lowest BCUT2D eigenvalue weighted by molar-refractivity contribution is 0.00578. The third-order valence-corrected chi connectivity index (χ3v) is 4.63. The minimum absolute atomic E-state index is 0.324. The van der Waals surface area contributed by atoms with Gasteiger partial charge in [0.05, 0.1) is 17.5 Å². The van der Waals surface area contributed by atoms with Gasteiger partial charge in [-0.05, 0) is 45.3 Å². The first kappa shape index (κ1) is 17.0. The Balaban J connectivity index is 2.36. The Morgan fingerprint density at radius 1 is 1.14 bits per heavy atom. The summed E-state index contributed by atoms with van der Waals surface area (Å²) in [6, 6.07) is 4.68. The van der Waals surface area contributed by atoms with E-state index in [1.807, 2.05) is 27.7 Å². The largest absolute Gasteiger partial charge is 0.495 e. The molecule has 0 atom stereocenters. The van der Waals surface area contributed by atoms with Gasteiger partial charge in [0.1, 0.15) is 6.29 Å². The van der Waals surface area contributed by atoms with Gasteiger partial charge in [-0.15, -0.1) is 0 Å². The van der Waals surface area contributed by atoms with Crippen LogP contribution in [0.4, 0.5) is 5.69 Å². The third-order valence-electron chi connectivity index (χ3n) is 4.02. The summed E-state index contributed by atoms with van der Waals surface area (Å²) in [5.74, 6) is 0. The Kier molecular flexibility index (Phi) is 4.14. The standard InChI is InChI=1S/C14H20BNO5S/c1-13(2)14(3,4)21-15(20-13)12-7-6-11(8-10(12)9-17)16-22(5,18)19/h6-9,16H,1-5H3. The average Bonchev–Trinajstić information content (AvgIpc) is 2.56. The van der Waals surface area contributed by atoms with Gasteiger partial charge in [0.15, 0.2) is 0 Å². The van der Waals surface area contributed by atoms with E-state index in [-0.39, 0.29) is 0 Å². The topological polar surface area (TPSA) is 81.7 Å². The zero-order valence-electron chi connectivity index (χ0n) is 13.3. The number of aldehydes is 1. The van der Waals surface area contributed by atoms with Crippen LogP contribution in [-0.2, 0) is 19.3 Å². The molecule has 120 valence electrons. The Morgan fingerprint density at radius 3 is 2.14 bits per heavy atom. The van der Waals surface area contributed by atoms with Gasteiger partial charge in [-0.2, -0.15) is 0 Å². The smallest absolute Gasteiger partial charge is 0.399 e. The number of sulfonamides is 1. The van der Waals surface area contributed by atoms with Gasteiger partial charge in [-0.25, -0.2) is 8.42 Å². The molecule has 0 saturated carbocycles. The molecule has 22 heavy (non-hydrogen) atoms. The molecular weight excluding hydrogens is 305 g/mol. The maximum atomic E-state index is 11.3. The molecule has 0 bridgehead atoms. The highest BCUT2D eigenvalue weighted by molar-refractivity contribution is 7.92. The average molecular weight is 325 g/mol. The monoisotopic (exact) mass is 325 g/mol. The number of anilines is 1. The first-order valence-corrected chi connectivity index (χ1v) is 8.77. The number of carbonyl (C=O) groups is 1. The minimum atomic E-state index is -3.40. The molecule has 8 heteroatoms. The molecule has 1 aromatic rings. The van der Waals surface area contributed by atoms with Crippen molar-refractivity contribution in [2.24, 2.45) is 0 Å². The summed E-state index contributed by atoms with van der Waals surface area (Å²) in [5, 5.41) is 0. The molecule has 0 aliphatic carbocycles. The normalized spacial score (nSPS) is 20.0. The summed E-state index contributed by atoms with van der Waals surface area (Å²) in [4.78, 5) is 11.3. The molecule has 1 aromatic carbocycles. The number of hydrogen-bond acceptors (Lipinski definition) is 5. The molecule has 0 amide bonds. The second-order valence-electron chi connectivity index (χ2n) is 6.42. The summed E-state index contributed by atoms with van der Waals surface area (Å²) >= 11 is 0. The van der Waals surface area contributed by atoms with E-state index in [1.165, 1.54) is 6.07 Å². The Bertz CT molecular complexity index is 683. The van der Waals surface area contributed by atoms with E-state index in [1.54, 1.807) is 12.1 Å². The summed E-state index contributed by atoms with van der Waals surface area (Å²) in [6.07, 6.45) is 1.71. The number of carbonyl (C=O) groups excluding carboxylic acids is 1. The molecule has 1 heterocycles. The first-order valence-electron chi connectivity index (χ1n) is 6.88. The maximum Gasteiger partial charge on any atom is 0.495 e. The molecule has 6 nitrogen and oxygen atoms in total. The van der Waals surface area contributed by atoms with E-state index in [0.717, 1.165) is 6.26 Å². The van der Waals surface area contributed by atoms with Crippen molar-refractivity contribution < 1.29 is 22.5 Å². The first-order chi connectivity index (χ1) is 9.95. The van der Waals surface area contributed by atoms with E-state index >= 15 is 0 Å². The molecule has 1 aliphatic rings. The quantitative estimate of drug-likeness (QED) is 0.664. The Morgan fingerprint density at radius 2 is 1.68 bits per heavy atom. The fourth-order valence-electron chi connectivity index (χ4n) is 2.14. The molecule has 0 spiro atoms. The summed E-state index contributed by atoms with van der Waals surface area (Å²) < 4.78 is 36.7. The highest BCUT2D eigenvalue weighted by Gasteiger charge is 2.52. The number of benzene rings is 1. The van der Waals surface area contributed by atoms with E-state index in [2.05, 4.69) is 4.72 Å². The second kappa shape index (κ2) is 5.36. The molecule has 0 unspecified atom stereocenters. The van der Waals surface area contributed by atoms with Gasteiger partial charge in [0.25, 0.3) is 0 Å². The third kappa shape index (κ3) is 3.34. The van der Waals surface area contributed by atoms with Gasteiger partial charge < -0.3 is 9.31 Å². The lowest BCUT2D eigenvalue weighted by atomic mass is 9.76. The lowest BCUT2D eigenvalue weighted by Crippen LogP contribution is -2.41. The fraction of sp³-hybridized carbons (Fsp3) is 0.500. The van der Waals surface area contributed by atoms with Gasteiger partial charge >= 0.3 is 7.12 Å². The minimum Gasteiger partial charge on any atom is -0.399 e. The van der Waals surface area contributed by atoms with Gasteiger partial charge in [-0.3, -0.25) is 9.52 Å². The number of hydrogen-bond donors (Lipinski definition) is 1. The highest BCUT2D eigenvalue weighted by atomic mass is 32.2. The molecule has 0 aromatic heterocycles. The van der Waals surface area contributed by atoms with Crippen LogP contribution in [0.3, 0.4) is 0 Å². The Labute approximate surface area is 131 Å². The van der Waals surface area contributed by atoms with Crippen LogP contribution < -0.4 is 10.2 Å². The fourth-order valence-corrected chi connectivity index (χ4v) is 2.69. The van der Waals surface area contributed by atoms with Gasteiger partial charge in [0, 0.05) is 11.3 Å². The van der Waals surface area contributed by atoms with Crippen molar-refractivity contribution in [3.05, 3.63) is 23.8 Å². The zero-order chi connectivity index (χ0) is 16.8. The SMILES string of the molecule is CC1(C)OB(c2ccc(NS(C)(=O)=O)cc2C=O)OC1(C)C. The van der Waals surface area contributed by atoms with Crippen LogP contribution in [0, 0.1) is 0 Å².